The summed E-state index contributed by atoms with van der Waals surface area (Å²) < 4.78 is 56.9. The van der Waals surface area contributed by atoms with Crippen molar-refractivity contribution in [3.63, 3.8) is 0 Å². The second-order valence-electron chi connectivity index (χ2n) is 7.52. The molecule has 0 radical (unpaired) electrons. The van der Waals surface area contributed by atoms with Crippen LogP contribution in [0.4, 0.5) is 23.4 Å². The largest absolute Gasteiger partial charge is 0.424 e. The van der Waals surface area contributed by atoms with Crippen LogP contribution in [0, 0.1) is 5.82 Å². The van der Waals surface area contributed by atoms with Crippen LogP contribution < -0.4 is 15.0 Å². The number of carbonyl (C=O) groups is 1. The zero-order chi connectivity index (χ0) is 23.4. The van der Waals surface area contributed by atoms with E-state index < -0.39 is 23.5 Å². The number of rotatable bonds is 6. The summed E-state index contributed by atoms with van der Waals surface area (Å²) in [5.41, 5.74) is 0.00515. The molecule has 2 heterocycles. The predicted molar refractivity (Wildman–Crippen MR) is 113 cm³/mol. The van der Waals surface area contributed by atoms with Crippen LogP contribution in [0.25, 0.3) is 0 Å². The zero-order valence-electron chi connectivity index (χ0n) is 17.4. The van der Waals surface area contributed by atoms with Crippen LogP contribution >= 0.6 is 0 Å². The van der Waals surface area contributed by atoms with Crippen molar-refractivity contribution >= 4 is 11.7 Å². The van der Waals surface area contributed by atoms with Gasteiger partial charge in [0.2, 0.25) is 0 Å². The van der Waals surface area contributed by atoms with Gasteiger partial charge in [-0.15, -0.1) is 0 Å². The van der Waals surface area contributed by atoms with E-state index in [-0.39, 0.29) is 18.1 Å². The van der Waals surface area contributed by atoms with E-state index in [0.29, 0.717) is 30.2 Å². The summed E-state index contributed by atoms with van der Waals surface area (Å²) >= 11 is 0. The Bertz CT molecular complexity index is 1110. The molecular weight excluding hydrogens is 440 g/mol. The Morgan fingerprint density at radius 3 is 2.33 bits per heavy atom. The predicted octanol–water partition coefficient (Wildman–Crippen LogP) is 4.96. The maximum absolute atomic E-state index is 13.1. The molecule has 1 aromatic heterocycles. The van der Waals surface area contributed by atoms with Gasteiger partial charge in [0.05, 0.1) is 5.56 Å². The van der Waals surface area contributed by atoms with Crippen molar-refractivity contribution in [2.45, 2.75) is 25.6 Å². The lowest BCUT2D eigenvalue weighted by atomic mass is 10.1. The number of alkyl halides is 3. The van der Waals surface area contributed by atoms with Gasteiger partial charge in [0, 0.05) is 25.8 Å². The minimum atomic E-state index is -4.42. The first-order chi connectivity index (χ1) is 15.8. The van der Waals surface area contributed by atoms with Crippen LogP contribution in [0.2, 0.25) is 0 Å². The molecule has 33 heavy (non-hydrogen) atoms. The van der Waals surface area contributed by atoms with E-state index in [2.05, 4.69) is 15.3 Å². The van der Waals surface area contributed by atoms with Gasteiger partial charge in [-0.1, -0.05) is 12.1 Å². The van der Waals surface area contributed by atoms with Crippen LogP contribution in [0.15, 0.2) is 54.7 Å². The van der Waals surface area contributed by atoms with Gasteiger partial charge in [0.1, 0.15) is 22.9 Å². The molecule has 0 aliphatic carbocycles. The van der Waals surface area contributed by atoms with Crippen molar-refractivity contribution in [1.82, 2.24) is 15.3 Å². The molecule has 0 bridgehead atoms. The Kier molecular flexibility index (Phi) is 6.43. The zero-order valence-corrected chi connectivity index (χ0v) is 17.4. The van der Waals surface area contributed by atoms with Crippen LogP contribution in [-0.2, 0) is 12.7 Å². The van der Waals surface area contributed by atoms with E-state index in [9.17, 15) is 22.4 Å². The van der Waals surface area contributed by atoms with Gasteiger partial charge in [-0.3, -0.25) is 4.79 Å². The molecule has 1 fully saturated rings. The number of benzene rings is 2. The Morgan fingerprint density at radius 1 is 1.03 bits per heavy atom. The van der Waals surface area contributed by atoms with Crippen molar-refractivity contribution < 1.29 is 27.1 Å². The third-order valence-electron chi connectivity index (χ3n) is 5.15. The molecule has 0 spiro atoms. The minimum Gasteiger partial charge on any atom is -0.424 e. The monoisotopic (exact) mass is 460 g/mol. The molecule has 2 aromatic carbocycles. The second kappa shape index (κ2) is 9.43. The fourth-order valence-corrected chi connectivity index (χ4v) is 3.43. The lowest BCUT2D eigenvalue weighted by Crippen LogP contribution is -2.28. The number of halogens is 4. The molecule has 1 N–H and O–H groups in total. The third-order valence-corrected chi connectivity index (χ3v) is 5.15. The lowest BCUT2D eigenvalue weighted by Gasteiger charge is -2.20. The summed E-state index contributed by atoms with van der Waals surface area (Å²) in [4.78, 5) is 23.3. The van der Waals surface area contributed by atoms with Crippen LogP contribution in [0.5, 0.6) is 11.8 Å². The molecule has 1 saturated heterocycles. The number of ether oxygens (including phenoxy) is 1. The topological polar surface area (TPSA) is 67.3 Å². The Labute approximate surface area is 187 Å². The molecule has 0 unspecified atom stereocenters. The average Bonchev–Trinajstić information content (AvgIpc) is 3.34. The van der Waals surface area contributed by atoms with Crippen molar-refractivity contribution in [2.24, 2.45) is 0 Å². The van der Waals surface area contributed by atoms with E-state index >= 15 is 0 Å². The first kappa shape index (κ1) is 22.5. The Morgan fingerprint density at radius 2 is 1.70 bits per heavy atom. The number of anilines is 1. The van der Waals surface area contributed by atoms with E-state index in [1.807, 2.05) is 4.90 Å². The smallest absolute Gasteiger partial charge is 0.416 e. The number of carbonyl (C=O) groups excluding carboxylic acids is 1. The fourth-order valence-electron chi connectivity index (χ4n) is 3.43. The molecule has 172 valence electrons. The van der Waals surface area contributed by atoms with Crippen LogP contribution in [-0.4, -0.2) is 29.0 Å². The van der Waals surface area contributed by atoms with Gasteiger partial charge in [-0.25, -0.2) is 9.37 Å². The highest BCUT2D eigenvalue weighted by molar-refractivity contribution is 5.98. The lowest BCUT2D eigenvalue weighted by molar-refractivity contribution is -0.137. The fraction of sp³-hybridized carbons (Fsp3) is 0.261. The number of aromatic nitrogens is 2. The molecular formula is C23H20F4N4O2. The van der Waals surface area contributed by atoms with Crippen molar-refractivity contribution in [2.75, 3.05) is 18.0 Å². The van der Waals surface area contributed by atoms with Gasteiger partial charge >= 0.3 is 12.2 Å². The average molecular weight is 460 g/mol. The number of hydrogen-bond acceptors (Lipinski definition) is 5. The Balaban J connectivity index is 1.50. The van der Waals surface area contributed by atoms with Crippen molar-refractivity contribution in [3.05, 3.63) is 77.2 Å². The minimum absolute atomic E-state index is 0.0165. The summed E-state index contributed by atoms with van der Waals surface area (Å²) in [6, 6.07) is 9.99. The first-order valence-corrected chi connectivity index (χ1v) is 10.3. The van der Waals surface area contributed by atoms with E-state index in [1.165, 1.54) is 42.6 Å². The molecule has 1 amide bonds. The van der Waals surface area contributed by atoms with E-state index in [0.717, 1.165) is 25.0 Å². The Hall–Kier alpha value is -3.69. The van der Waals surface area contributed by atoms with Crippen molar-refractivity contribution in [3.8, 4) is 11.8 Å². The number of nitrogens with one attached hydrogen (secondary N) is 1. The molecule has 10 heteroatoms. The number of hydrogen-bond donors (Lipinski definition) is 1. The highest BCUT2D eigenvalue weighted by Crippen LogP contribution is 2.29. The molecule has 6 nitrogen and oxygen atoms in total. The second-order valence-corrected chi connectivity index (χ2v) is 7.52. The van der Waals surface area contributed by atoms with Gasteiger partial charge in [0.15, 0.2) is 0 Å². The van der Waals surface area contributed by atoms with Gasteiger partial charge in [0.25, 0.3) is 5.91 Å². The summed E-state index contributed by atoms with van der Waals surface area (Å²) in [7, 11) is 0. The van der Waals surface area contributed by atoms with Gasteiger partial charge < -0.3 is 15.0 Å². The van der Waals surface area contributed by atoms with Crippen LogP contribution in [0.1, 0.15) is 34.3 Å². The molecule has 3 aromatic rings. The highest BCUT2D eigenvalue weighted by atomic mass is 19.4. The van der Waals surface area contributed by atoms with E-state index in [4.69, 9.17) is 4.74 Å². The maximum Gasteiger partial charge on any atom is 0.416 e. The quantitative estimate of drug-likeness (QED) is 0.527. The summed E-state index contributed by atoms with van der Waals surface area (Å²) in [5, 5.41) is 2.70. The highest BCUT2D eigenvalue weighted by Gasteiger charge is 2.30. The van der Waals surface area contributed by atoms with Gasteiger partial charge in [-0.2, -0.15) is 18.2 Å². The molecule has 0 atom stereocenters. The molecule has 1 aliphatic rings. The van der Waals surface area contributed by atoms with E-state index in [1.54, 1.807) is 0 Å². The molecule has 4 rings (SSSR count). The summed E-state index contributed by atoms with van der Waals surface area (Å²) in [5.74, 6) is -0.0981. The molecule has 0 saturated carbocycles. The maximum atomic E-state index is 13.1. The standard InChI is InChI=1S/C23H20F4N4O2/c24-17-7-9-18(10-8-17)33-22-29-14-19(20(30-22)31-11-1-2-12-31)21(32)28-13-15-3-5-16(6-4-15)23(25,26)27/h3-10,14H,1-2,11-13H2,(H,28,32). The summed E-state index contributed by atoms with van der Waals surface area (Å²) in [6.45, 7) is 1.47. The molecule has 1 aliphatic heterocycles. The SMILES string of the molecule is O=C(NCc1ccc(C(F)(F)F)cc1)c1cnc(Oc2ccc(F)cc2)nc1N1CCCC1. The normalized spacial score (nSPS) is 13.8. The van der Waals surface area contributed by atoms with Gasteiger partial charge in [-0.05, 0) is 54.8 Å². The third kappa shape index (κ3) is 5.57. The number of amides is 1. The van der Waals surface area contributed by atoms with Crippen LogP contribution in [0.3, 0.4) is 0 Å². The van der Waals surface area contributed by atoms with Crippen molar-refractivity contribution in [1.29, 1.82) is 0 Å². The first-order valence-electron chi connectivity index (χ1n) is 10.3. The number of nitrogens with zero attached hydrogens (tertiary/aromatic N) is 3. The summed E-state index contributed by atoms with van der Waals surface area (Å²) in [6.07, 6.45) is -1.17.